The highest BCUT2D eigenvalue weighted by molar-refractivity contribution is 7.80. The maximum Gasteiger partial charge on any atom is 0.164 e. The smallest absolute Gasteiger partial charge is 0.164 e. The van der Waals surface area contributed by atoms with Gasteiger partial charge in [0.25, 0.3) is 0 Å². The highest BCUT2D eigenvalue weighted by Crippen LogP contribution is 2.16. The van der Waals surface area contributed by atoms with E-state index in [1.165, 1.54) is 6.34 Å². The zero-order valence-electron chi connectivity index (χ0n) is 5.06. The maximum atomic E-state index is 4.94. The average molecular weight is 152 g/mol. The third-order valence-electron chi connectivity index (χ3n) is 1.42. The zero-order chi connectivity index (χ0) is 6.97. The summed E-state index contributed by atoms with van der Waals surface area (Å²) in [5.74, 6) is 0.792. The lowest BCUT2D eigenvalue weighted by atomic mass is 10.1. The van der Waals surface area contributed by atoms with Gasteiger partial charge in [-0.2, -0.15) is 5.11 Å². The first kappa shape index (κ1) is 5.79. The fourth-order valence-electron chi connectivity index (χ4n) is 0.885. The van der Waals surface area contributed by atoms with E-state index in [9.17, 15) is 0 Å². The molecule has 0 radical (unpaired) electrons. The number of aliphatic imine (C=N–C) groups is 2. The van der Waals surface area contributed by atoms with Crippen LogP contribution in [0, 0.1) is 5.92 Å². The SMILES string of the molecule is S=C1N=CN=C2N=NCC12. The van der Waals surface area contributed by atoms with Gasteiger partial charge in [0.1, 0.15) is 11.3 Å². The van der Waals surface area contributed by atoms with Gasteiger partial charge in [-0.3, -0.25) is 0 Å². The van der Waals surface area contributed by atoms with Crippen molar-refractivity contribution < 1.29 is 0 Å². The van der Waals surface area contributed by atoms with Gasteiger partial charge in [-0.25, -0.2) is 9.98 Å². The summed E-state index contributed by atoms with van der Waals surface area (Å²) in [4.78, 5) is 8.44. The molecule has 0 aliphatic carbocycles. The number of thiocarbonyl (C=S) groups is 1. The van der Waals surface area contributed by atoms with E-state index in [0.717, 1.165) is 0 Å². The molecule has 4 nitrogen and oxygen atoms in total. The highest BCUT2D eigenvalue weighted by atomic mass is 32.1. The Balaban J connectivity index is 2.40. The van der Waals surface area contributed by atoms with Gasteiger partial charge in [0.15, 0.2) is 5.84 Å². The predicted molar refractivity (Wildman–Crippen MR) is 41.7 cm³/mol. The van der Waals surface area contributed by atoms with Gasteiger partial charge >= 0.3 is 0 Å². The fourth-order valence-corrected chi connectivity index (χ4v) is 1.11. The van der Waals surface area contributed by atoms with Crippen LogP contribution in [-0.4, -0.2) is 23.7 Å². The Labute approximate surface area is 62.8 Å². The third-order valence-corrected chi connectivity index (χ3v) is 1.81. The second-order valence-electron chi connectivity index (χ2n) is 2.05. The van der Waals surface area contributed by atoms with Crippen LogP contribution in [0.15, 0.2) is 20.2 Å². The second kappa shape index (κ2) is 2.02. The molecular weight excluding hydrogens is 148 g/mol. The molecule has 2 aliphatic rings. The number of azo groups is 1. The van der Waals surface area contributed by atoms with E-state index in [-0.39, 0.29) is 5.92 Å². The zero-order valence-corrected chi connectivity index (χ0v) is 5.88. The van der Waals surface area contributed by atoms with Gasteiger partial charge in [-0.05, 0) is 0 Å². The molecule has 0 aromatic rings. The summed E-state index contributed by atoms with van der Waals surface area (Å²) >= 11 is 4.94. The first-order valence-electron chi connectivity index (χ1n) is 2.89. The molecule has 2 heterocycles. The number of nitrogens with zero attached hydrogens (tertiary/aromatic N) is 4. The van der Waals surface area contributed by atoms with Crippen LogP contribution < -0.4 is 0 Å². The molecule has 0 N–H and O–H groups in total. The van der Waals surface area contributed by atoms with E-state index in [4.69, 9.17) is 12.2 Å². The van der Waals surface area contributed by atoms with Crippen molar-refractivity contribution in [2.45, 2.75) is 0 Å². The lowest BCUT2D eigenvalue weighted by molar-refractivity contribution is 0.939. The molecule has 1 unspecified atom stereocenters. The van der Waals surface area contributed by atoms with Crippen LogP contribution in [0.2, 0.25) is 0 Å². The third kappa shape index (κ3) is 0.706. The molecule has 0 aromatic heterocycles. The number of amidine groups is 1. The van der Waals surface area contributed by atoms with Crippen LogP contribution in [-0.2, 0) is 0 Å². The highest BCUT2D eigenvalue weighted by Gasteiger charge is 2.26. The maximum absolute atomic E-state index is 4.94. The van der Waals surface area contributed by atoms with Crippen molar-refractivity contribution in [3.8, 4) is 0 Å². The predicted octanol–water partition coefficient (Wildman–Crippen LogP) is 0.836. The fraction of sp³-hybridized carbons (Fsp3) is 0.400. The Morgan fingerprint density at radius 3 is 3.30 bits per heavy atom. The minimum atomic E-state index is 0.0833. The van der Waals surface area contributed by atoms with Crippen LogP contribution in [0.5, 0.6) is 0 Å². The van der Waals surface area contributed by atoms with E-state index in [1.54, 1.807) is 0 Å². The Kier molecular flexibility index (Phi) is 1.17. The summed E-state index contributed by atoms with van der Waals surface area (Å²) in [6.45, 7) is 0.620. The van der Waals surface area contributed by atoms with Crippen molar-refractivity contribution in [3.05, 3.63) is 0 Å². The van der Waals surface area contributed by atoms with Gasteiger partial charge in [-0.1, -0.05) is 12.2 Å². The van der Waals surface area contributed by atoms with Crippen molar-refractivity contribution in [1.29, 1.82) is 0 Å². The molecule has 2 aliphatic heterocycles. The molecule has 0 saturated heterocycles. The summed E-state index contributed by atoms with van der Waals surface area (Å²) in [6, 6.07) is 0. The van der Waals surface area contributed by atoms with Crippen molar-refractivity contribution in [2.24, 2.45) is 26.1 Å². The molecule has 0 fully saturated rings. The summed E-state index contributed by atoms with van der Waals surface area (Å²) in [7, 11) is 0. The average Bonchev–Trinajstić information content (AvgIpc) is 2.36. The Hall–Kier alpha value is -0.970. The first-order chi connectivity index (χ1) is 4.88. The molecule has 0 bridgehead atoms. The summed E-state index contributed by atoms with van der Waals surface area (Å²) < 4.78 is 0. The van der Waals surface area contributed by atoms with Crippen molar-refractivity contribution in [3.63, 3.8) is 0 Å². The molecule has 10 heavy (non-hydrogen) atoms. The molecule has 0 spiro atoms. The molecule has 0 amide bonds. The van der Waals surface area contributed by atoms with Gasteiger partial charge in [0.2, 0.25) is 0 Å². The minimum absolute atomic E-state index is 0.0833. The molecule has 50 valence electrons. The van der Waals surface area contributed by atoms with Crippen LogP contribution in [0.25, 0.3) is 0 Å². The van der Waals surface area contributed by atoms with Gasteiger partial charge in [0, 0.05) is 0 Å². The van der Waals surface area contributed by atoms with E-state index in [2.05, 4.69) is 20.2 Å². The Morgan fingerprint density at radius 2 is 2.50 bits per heavy atom. The monoisotopic (exact) mass is 152 g/mol. The number of fused-ring (bicyclic) bond motifs is 1. The van der Waals surface area contributed by atoms with Crippen LogP contribution >= 0.6 is 12.2 Å². The number of hydrogen-bond donors (Lipinski definition) is 0. The van der Waals surface area contributed by atoms with Gasteiger partial charge in [-0.15, -0.1) is 5.11 Å². The van der Waals surface area contributed by atoms with E-state index in [1.807, 2.05) is 0 Å². The quantitative estimate of drug-likeness (QED) is 0.474. The summed E-state index contributed by atoms with van der Waals surface area (Å²) in [5.41, 5.74) is 0. The van der Waals surface area contributed by atoms with E-state index < -0.39 is 0 Å². The van der Waals surface area contributed by atoms with Crippen molar-refractivity contribution >= 4 is 29.4 Å². The van der Waals surface area contributed by atoms with E-state index in [0.29, 0.717) is 17.4 Å². The second-order valence-corrected chi connectivity index (χ2v) is 2.46. The largest absolute Gasteiger partial charge is 0.229 e. The van der Waals surface area contributed by atoms with Crippen LogP contribution in [0.3, 0.4) is 0 Å². The van der Waals surface area contributed by atoms with Crippen molar-refractivity contribution in [1.82, 2.24) is 0 Å². The van der Waals surface area contributed by atoms with Crippen molar-refractivity contribution in [2.75, 3.05) is 6.54 Å². The Bertz CT molecular complexity index is 265. The normalized spacial score (nSPS) is 28.6. The minimum Gasteiger partial charge on any atom is -0.229 e. The number of rotatable bonds is 0. The molecule has 0 aromatic carbocycles. The summed E-state index contributed by atoms with van der Waals surface area (Å²) in [6.07, 6.45) is 1.43. The van der Waals surface area contributed by atoms with Gasteiger partial charge < -0.3 is 0 Å². The Morgan fingerprint density at radius 1 is 1.60 bits per heavy atom. The molecule has 5 heteroatoms. The molecule has 1 atom stereocenters. The molecule has 2 rings (SSSR count). The summed E-state index contributed by atoms with van der Waals surface area (Å²) in [5, 5.41) is 7.61. The lowest BCUT2D eigenvalue weighted by Crippen LogP contribution is -2.21. The van der Waals surface area contributed by atoms with Crippen LogP contribution in [0.4, 0.5) is 0 Å². The standard InChI is InChI=1S/C5H4N4S/c10-5-3-1-8-9-4(3)6-2-7-5/h2-3H,1H2. The first-order valence-corrected chi connectivity index (χ1v) is 3.30. The molecule has 0 saturated carbocycles. The molecular formula is C5H4N4S. The van der Waals surface area contributed by atoms with Crippen LogP contribution in [0.1, 0.15) is 0 Å². The van der Waals surface area contributed by atoms with E-state index >= 15 is 0 Å². The van der Waals surface area contributed by atoms with Gasteiger partial charge in [0.05, 0.1) is 12.5 Å². The topological polar surface area (TPSA) is 49.4 Å². The lowest BCUT2D eigenvalue weighted by Gasteiger charge is -2.06. The number of hydrogen-bond acceptors (Lipinski definition) is 4.